The van der Waals surface area contributed by atoms with Gasteiger partial charge in [-0.25, -0.2) is 0 Å². The number of benzene rings is 2. The predicted octanol–water partition coefficient (Wildman–Crippen LogP) is 2.64. The lowest BCUT2D eigenvalue weighted by Crippen LogP contribution is -2.28. The molecule has 0 spiro atoms. The summed E-state index contributed by atoms with van der Waals surface area (Å²) in [6.45, 7) is 0.163. The molecular weight excluding hydrogens is 357 g/mol. The summed E-state index contributed by atoms with van der Waals surface area (Å²) in [6, 6.07) is 9.34. The number of imide groups is 1. The van der Waals surface area contributed by atoms with Crippen LogP contribution in [-0.2, 0) is 16.1 Å². The standard InChI is InChI=1S/C18H14FN3O5/c19-14-6-3-12(9-15(14)22(26)27)18(25)20-13-4-1-11(2-5-13)10-21-16(23)7-8-17(21)24/h1-6,9H,7-8,10H2,(H,20,25). The highest BCUT2D eigenvalue weighted by atomic mass is 19.1. The lowest BCUT2D eigenvalue weighted by molar-refractivity contribution is -0.387. The fourth-order valence-corrected chi connectivity index (χ4v) is 2.67. The Morgan fingerprint density at radius 2 is 1.74 bits per heavy atom. The lowest BCUT2D eigenvalue weighted by Gasteiger charge is -2.14. The predicted molar refractivity (Wildman–Crippen MR) is 92.2 cm³/mol. The summed E-state index contributed by atoms with van der Waals surface area (Å²) in [5.74, 6) is -2.08. The summed E-state index contributed by atoms with van der Waals surface area (Å²) in [4.78, 5) is 46.5. The molecule has 8 nitrogen and oxygen atoms in total. The first-order chi connectivity index (χ1) is 12.8. The van der Waals surface area contributed by atoms with Gasteiger partial charge in [0.25, 0.3) is 5.91 Å². The average Bonchev–Trinajstić information content (AvgIpc) is 2.95. The maximum Gasteiger partial charge on any atom is 0.305 e. The topological polar surface area (TPSA) is 110 Å². The lowest BCUT2D eigenvalue weighted by atomic mass is 10.1. The van der Waals surface area contributed by atoms with Gasteiger partial charge in [-0.05, 0) is 29.8 Å². The Hall–Kier alpha value is -3.62. The van der Waals surface area contributed by atoms with Crippen molar-refractivity contribution >= 4 is 29.1 Å². The van der Waals surface area contributed by atoms with E-state index < -0.39 is 22.3 Å². The molecule has 3 rings (SSSR count). The minimum absolute atomic E-state index is 0.0552. The van der Waals surface area contributed by atoms with Crippen LogP contribution in [0.1, 0.15) is 28.8 Å². The van der Waals surface area contributed by atoms with Crippen LogP contribution >= 0.6 is 0 Å². The number of nitrogens with one attached hydrogen (secondary N) is 1. The second-order valence-electron chi connectivity index (χ2n) is 5.95. The van der Waals surface area contributed by atoms with Crippen LogP contribution in [0.3, 0.4) is 0 Å². The molecular formula is C18H14FN3O5. The fraction of sp³-hybridized carbons (Fsp3) is 0.167. The van der Waals surface area contributed by atoms with Crippen LogP contribution in [0.5, 0.6) is 0 Å². The summed E-state index contributed by atoms with van der Waals surface area (Å²) in [5.41, 5.74) is 0.294. The van der Waals surface area contributed by atoms with E-state index in [1.807, 2.05) is 0 Å². The second kappa shape index (κ2) is 7.32. The molecule has 1 saturated heterocycles. The normalized spacial score (nSPS) is 13.7. The fourth-order valence-electron chi connectivity index (χ4n) is 2.67. The molecule has 0 aliphatic carbocycles. The minimum Gasteiger partial charge on any atom is -0.322 e. The van der Waals surface area contributed by atoms with Crippen molar-refractivity contribution in [2.24, 2.45) is 0 Å². The largest absolute Gasteiger partial charge is 0.322 e. The Morgan fingerprint density at radius 3 is 2.33 bits per heavy atom. The molecule has 1 fully saturated rings. The number of rotatable bonds is 5. The Morgan fingerprint density at radius 1 is 1.11 bits per heavy atom. The van der Waals surface area contributed by atoms with E-state index in [-0.39, 0.29) is 36.8 Å². The molecule has 0 bridgehead atoms. The van der Waals surface area contributed by atoms with Gasteiger partial charge in [-0.3, -0.25) is 29.4 Å². The third kappa shape index (κ3) is 3.97. The number of nitrogens with zero attached hydrogens (tertiary/aromatic N) is 2. The van der Waals surface area contributed by atoms with Gasteiger partial charge in [0.1, 0.15) is 0 Å². The van der Waals surface area contributed by atoms with Gasteiger partial charge in [-0.2, -0.15) is 4.39 Å². The van der Waals surface area contributed by atoms with Crippen LogP contribution in [0, 0.1) is 15.9 Å². The summed E-state index contributed by atoms with van der Waals surface area (Å²) in [6.07, 6.45) is 0.438. The van der Waals surface area contributed by atoms with Crippen molar-refractivity contribution in [3.63, 3.8) is 0 Å². The molecule has 0 saturated carbocycles. The number of amides is 3. The van der Waals surface area contributed by atoms with Crippen LogP contribution in [0.2, 0.25) is 0 Å². The van der Waals surface area contributed by atoms with E-state index in [1.54, 1.807) is 24.3 Å². The third-order valence-electron chi connectivity index (χ3n) is 4.11. The SMILES string of the molecule is O=C(Nc1ccc(CN2C(=O)CCC2=O)cc1)c1ccc(F)c([N+](=O)[O-])c1. The summed E-state index contributed by atoms with van der Waals surface area (Å²) < 4.78 is 13.4. The van der Waals surface area contributed by atoms with E-state index in [0.29, 0.717) is 11.3 Å². The van der Waals surface area contributed by atoms with E-state index in [9.17, 15) is 28.9 Å². The molecule has 0 unspecified atom stereocenters. The number of halogens is 1. The Kier molecular flexibility index (Phi) is 4.93. The van der Waals surface area contributed by atoms with Crippen molar-refractivity contribution < 1.29 is 23.7 Å². The minimum atomic E-state index is -1.02. The number of carbonyl (C=O) groups is 3. The van der Waals surface area contributed by atoms with Gasteiger partial charge in [0.15, 0.2) is 0 Å². The van der Waals surface area contributed by atoms with Crippen molar-refractivity contribution in [3.8, 4) is 0 Å². The van der Waals surface area contributed by atoms with Crippen molar-refractivity contribution in [2.45, 2.75) is 19.4 Å². The Bertz CT molecular complexity index is 927. The van der Waals surface area contributed by atoms with Gasteiger partial charge in [-0.15, -0.1) is 0 Å². The van der Waals surface area contributed by atoms with Gasteiger partial charge in [0.2, 0.25) is 17.6 Å². The summed E-state index contributed by atoms with van der Waals surface area (Å²) >= 11 is 0. The zero-order valence-electron chi connectivity index (χ0n) is 14.0. The van der Waals surface area contributed by atoms with Crippen molar-refractivity contribution in [1.82, 2.24) is 4.90 Å². The van der Waals surface area contributed by atoms with E-state index in [1.165, 1.54) is 4.90 Å². The second-order valence-corrected chi connectivity index (χ2v) is 5.95. The quantitative estimate of drug-likeness (QED) is 0.494. The Labute approximate surface area is 152 Å². The summed E-state index contributed by atoms with van der Waals surface area (Å²) in [5, 5.41) is 13.3. The van der Waals surface area contributed by atoms with Crippen LogP contribution in [-0.4, -0.2) is 27.5 Å². The number of hydrogen-bond acceptors (Lipinski definition) is 5. The molecule has 0 atom stereocenters. The van der Waals surface area contributed by atoms with Crippen LogP contribution < -0.4 is 5.32 Å². The van der Waals surface area contributed by atoms with E-state index in [2.05, 4.69) is 5.32 Å². The van der Waals surface area contributed by atoms with Gasteiger partial charge < -0.3 is 5.32 Å². The number of likely N-dealkylation sites (tertiary alicyclic amines) is 1. The molecule has 27 heavy (non-hydrogen) atoms. The molecule has 1 heterocycles. The molecule has 2 aromatic rings. The third-order valence-corrected chi connectivity index (χ3v) is 4.11. The zero-order chi connectivity index (χ0) is 19.6. The van der Waals surface area contributed by atoms with E-state index in [0.717, 1.165) is 18.2 Å². The first kappa shape index (κ1) is 18.2. The van der Waals surface area contributed by atoms with Crippen LogP contribution in [0.15, 0.2) is 42.5 Å². The van der Waals surface area contributed by atoms with Gasteiger partial charge in [0, 0.05) is 30.2 Å². The molecule has 2 aromatic carbocycles. The Balaban J connectivity index is 1.68. The molecule has 1 aliphatic rings. The maximum atomic E-state index is 13.4. The van der Waals surface area contributed by atoms with Crippen molar-refractivity contribution in [3.05, 3.63) is 69.5 Å². The molecule has 138 valence electrons. The monoisotopic (exact) mass is 371 g/mol. The smallest absolute Gasteiger partial charge is 0.305 e. The number of anilines is 1. The van der Waals surface area contributed by atoms with Gasteiger partial charge in [0.05, 0.1) is 11.5 Å². The van der Waals surface area contributed by atoms with Gasteiger partial charge in [-0.1, -0.05) is 12.1 Å². The molecule has 0 aromatic heterocycles. The highest BCUT2D eigenvalue weighted by Crippen LogP contribution is 2.20. The number of hydrogen-bond donors (Lipinski definition) is 1. The average molecular weight is 371 g/mol. The highest BCUT2D eigenvalue weighted by molar-refractivity contribution is 6.04. The number of nitro benzene ring substituents is 1. The van der Waals surface area contributed by atoms with Crippen molar-refractivity contribution in [2.75, 3.05) is 5.32 Å². The molecule has 9 heteroatoms. The zero-order valence-corrected chi connectivity index (χ0v) is 14.0. The van der Waals surface area contributed by atoms with Crippen LogP contribution in [0.25, 0.3) is 0 Å². The summed E-state index contributed by atoms with van der Waals surface area (Å²) in [7, 11) is 0. The molecule has 1 N–H and O–H groups in total. The molecule has 1 aliphatic heterocycles. The van der Waals surface area contributed by atoms with E-state index in [4.69, 9.17) is 0 Å². The molecule has 3 amide bonds. The first-order valence-electron chi connectivity index (χ1n) is 8.02. The van der Waals surface area contributed by atoms with Crippen LogP contribution in [0.4, 0.5) is 15.8 Å². The molecule has 0 radical (unpaired) electrons. The first-order valence-corrected chi connectivity index (χ1v) is 8.02. The number of carbonyl (C=O) groups excluding carboxylic acids is 3. The van der Waals surface area contributed by atoms with Crippen molar-refractivity contribution in [1.29, 1.82) is 0 Å². The maximum absolute atomic E-state index is 13.4. The van der Waals surface area contributed by atoms with E-state index >= 15 is 0 Å². The highest BCUT2D eigenvalue weighted by Gasteiger charge is 2.28. The number of nitro groups is 1. The van der Waals surface area contributed by atoms with Gasteiger partial charge >= 0.3 is 5.69 Å².